The smallest absolute Gasteiger partial charge is 0.325 e. The first-order chi connectivity index (χ1) is 12.6. The number of likely N-dealkylation sites (tertiary alicyclic amines) is 1. The number of hydrogen-bond donors (Lipinski definition) is 1. The van der Waals surface area contributed by atoms with Crippen molar-refractivity contribution in [3.63, 3.8) is 0 Å². The van der Waals surface area contributed by atoms with E-state index < -0.39 is 10.9 Å². The van der Waals surface area contributed by atoms with Crippen LogP contribution in [0, 0.1) is 10.1 Å². The minimum atomic E-state index is -0.492. The molecule has 1 N–H and O–H groups in total. The van der Waals surface area contributed by atoms with E-state index in [4.69, 9.17) is 4.74 Å². The van der Waals surface area contributed by atoms with E-state index in [2.05, 4.69) is 22.3 Å². The van der Waals surface area contributed by atoms with Crippen molar-refractivity contribution >= 4 is 11.7 Å². The summed E-state index contributed by atoms with van der Waals surface area (Å²) in [6, 6.07) is 16.0. The molecule has 0 saturated carbocycles. The van der Waals surface area contributed by atoms with Crippen LogP contribution < -0.4 is 10.1 Å². The predicted molar refractivity (Wildman–Crippen MR) is 96.9 cm³/mol. The minimum Gasteiger partial charge on any atom is -0.426 e. The van der Waals surface area contributed by atoms with Gasteiger partial charge in [-0.25, -0.2) is 0 Å². The van der Waals surface area contributed by atoms with Crippen LogP contribution in [0.4, 0.5) is 5.69 Å². The second kappa shape index (κ2) is 8.55. The number of benzene rings is 2. The van der Waals surface area contributed by atoms with Gasteiger partial charge in [0.15, 0.2) is 0 Å². The summed E-state index contributed by atoms with van der Waals surface area (Å²) < 4.78 is 5.19. The van der Waals surface area contributed by atoms with Crippen LogP contribution in [0.5, 0.6) is 5.75 Å². The minimum absolute atomic E-state index is 0.0348. The first-order valence-electron chi connectivity index (χ1n) is 8.55. The summed E-state index contributed by atoms with van der Waals surface area (Å²) in [5, 5.41) is 13.8. The molecule has 0 radical (unpaired) electrons. The fraction of sp³-hybridized carbons (Fsp3) is 0.316. The second-order valence-electron chi connectivity index (χ2n) is 6.31. The van der Waals surface area contributed by atoms with Crippen molar-refractivity contribution in [3.8, 4) is 5.75 Å². The zero-order valence-electron chi connectivity index (χ0n) is 14.3. The highest BCUT2D eigenvalue weighted by molar-refractivity contribution is 5.74. The quantitative estimate of drug-likeness (QED) is 0.355. The maximum absolute atomic E-state index is 11.9. The lowest BCUT2D eigenvalue weighted by Crippen LogP contribution is -2.37. The molecule has 7 heteroatoms. The van der Waals surface area contributed by atoms with Crippen LogP contribution in [0.1, 0.15) is 12.0 Å². The molecule has 0 aliphatic carbocycles. The second-order valence-corrected chi connectivity index (χ2v) is 6.31. The number of nitro benzene ring substituents is 1. The highest BCUT2D eigenvalue weighted by Crippen LogP contribution is 2.17. The summed E-state index contributed by atoms with van der Waals surface area (Å²) in [7, 11) is 0. The Balaban J connectivity index is 1.40. The maximum Gasteiger partial charge on any atom is 0.325 e. The van der Waals surface area contributed by atoms with Crippen molar-refractivity contribution < 1.29 is 14.5 Å². The third-order valence-corrected chi connectivity index (χ3v) is 4.34. The number of carbonyl (C=O) groups is 1. The van der Waals surface area contributed by atoms with Gasteiger partial charge in [0.1, 0.15) is 5.75 Å². The molecule has 1 aliphatic heterocycles. The number of esters is 1. The summed E-state index contributed by atoms with van der Waals surface area (Å²) in [5.41, 5.74) is 1.25. The van der Waals surface area contributed by atoms with Gasteiger partial charge >= 0.3 is 5.97 Å². The lowest BCUT2D eigenvalue weighted by molar-refractivity contribution is -0.384. The normalized spacial score (nSPS) is 17.2. The van der Waals surface area contributed by atoms with Crippen LogP contribution in [0.25, 0.3) is 0 Å². The van der Waals surface area contributed by atoms with Crippen molar-refractivity contribution in [1.29, 1.82) is 0 Å². The van der Waals surface area contributed by atoms with Crippen molar-refractivity contribution in [2.45, 2.75) is 19.0 Å². The largest absolute Gasteiger partial charge is 0.426 e. The van der Waals surface area contributed by atoms with E-state index in [-0.39, 0.29) is 18.3 Å². The SMILES string of the molecule is O=C(CN[C@@H]1CCN(Cc2ccccc2)C1)Oc1ccc([N+](=O)[O-])cc1. The Morgan fingerprint density at radius 2 is 1.92 bits per heavy atom. The topological polar surface area (TPSA) is 84.7 Å². The fourth-order valence-electron chi connectivity index (χ4n) is 3.02. The molecule has 1 saturated heterocycles. The van der Waals surface area contributed by atoms with Crippen LogP contribution >= 0.6 is 0 Å². The van der Waals surface area contributed by atoms with Crippen LogP contribution in [0.3, 0.4) is 0 Å². The molecule has 1 heterocycles. The van der Waals surface area contributed by atoms with Gasteiger partial charge in [0, 0.05) is 37.8 Å². The van der Waals surface area contributed by atoms with Gasteiger partial charge in [-0.2, -0.15) is 0 Å². The molecule has 3 rings (SSSR count). The van der Waals surface area contributed by atoms with E-state index in [9.17, 15) is 14.9 Å². The molecule has 2 aromatic carbocycles. The van der Waals surface area contributed by atoms with Gasteiger partial charge in [-0.15, -0.1) is 0 Å². The Morgan fingerprint density at radius 3 is 2.62 bits per heavy atom. The van der Waals surface area contributed by atoms with Gasteiger partial charge in [0.2, 0.25) is 0 Å². The van der Waals surface area contributed by atoms with E-state index in [1.54, 1.807) is 0 Å². The standard InChI is InChI=1S/C19H21N3O4/c23-19(26-18-8-6-17(7-9-18)22(24)25)12-20-16-10-11-21(14-16)13-15-4-2-1-3-5-15/h1-9,16,20H,10-14H2/t16-/m1/s1. The molecule has 2 aromatic rings. The van der Waals surface area contributed by atoms with Gasteiger partial charge in [-0.1, -0.05) is 30.3 Å². The van der Waals surface area contributed by atoms with E-state index in [0.717, 1.165) is 26.1 Å². The number of rotatable bonds is 7. The lowest BCUT2D eigenvalue weighted by atomic mass is 10.2. The molecular weight excluding hydrogens is 334 g/mol. The third-order valence-electron chi connectivity index (χ3n) is 4.34. The number of nitrogens with one attached hydrogen (secondary N) is 1. The average Bonchev–Trinajstić information content (AvgIpc) is 3.09. The molecule has 1 aliphatic rings. The average molecular weight is 355 g/mol. The Hall–Kier alpha value is -2.77. The Kier molecular flexibility index (Phi) is 5.93. The van der Waals surface area contributed by atoms with Crippen molar-refractivity contribution in [1.82, 2.24) is 10.2 Å². The van der Waals surface area contributed by atoms with Crippen LogP contribution in [-0.2, 0) is 11.3 Å². The van der Waals surface area contributed by atoms with Gasteiger partial charge in [-0.05, 0) is 24.1 Å². The lowest BCUT2D eigenvalue weighted by Gasteiger charge is -2.16. The summed E-state index contributed by atoms with van der Waals surface area (Å²) >= 11 is 0. The Labute approximate surface area is 151 Å². The van der Waals surface area contributed by atoms with Crippen LogP contribution in [0.2, 0.25) is 0 Å². The van der Waals surface area contributed by atoms with Gasteiger partial charge in [-0.3, -0.25) is 19.8 Å². The molecule has 136 valence electrons. The monoisotopic (exact) mass is 355 g/mol. The maximum atomic E-state index is 11.9. The zero-order valence-corrected chi connectivity index (χ0v) is 14.3. The van der Waals surface area contributed by atoms with Gasteiger partial charge < -0.3 is 10.1 Å². The first-order valence-corrected chi connectivity index (χ1v) is 8.55. The molecule has 7 nitrogen and oxygen atoms in total. The third kappa shape index (κ3) is 5.11. The van der Waals surface area contributed by atoms with Gasteiger partial charge in [0.05, 0.1) is 11.5 Å². The molecule has 0 bridgehead atoms. The highest BCUT2D eigenvalue weighted by atomic mass is 16.6. The number of carbonyl (C=O) groups excluding carboxylic acids is 1. The van der Waals surface area contributed by atoms with E-state index in [1.807, 2.05) is 18.2 Å². The molecule has 1 fully saturated rings. The molecule has 0 aromatic heterocycles. The number of nitrogens with zero attached hydrogens (tertiary/aromatic N) is 2. The van der Waals surface area contributed by atoms with Gasteiger partial charge in [0.25, 0.3) is 5.69 Å². The summed E-state index contributed by atoms with van der Waals surface area (Å²) in [5.74, 6) is -0.0973. The van der Waals surface area contributed by atoms with Crippen LogP contribution in [-0.4, -0.2) is 41.5 Å². The molecule has 0 amide bonds. The molecule has 1 atom stereocenters. The number of hydrogen-bond acceptors (Lipinski definition) is 6. The molecule has 0 unspecified atom stereocenters. The Bertz CT molecular complexity index is 749. The first kappa shape index (κ1) is 18.0. The number of ether oxygens (including phenoxy) is 1. The van der Waals surface area contributed by atoms with Crippen molar-refractivity contribution in [2.24, 2.45) is 0 Å². The van der Waals surface area contributed by atoms with Crippen molar-refractivity contribution in [3.05, 3.63) is 70.3 Å². The summed E-state index contributed by atoms with van der Waals surface area (Å²) in [4.78, 5) is 24.4. The van der Waals surface area contributed by atoms with E-state index >= 15 is 0 Å². The summed E-state index contributed by atoms with van der Waals surface area (Å²) in [6.07, 6.45) is 0.984. The molecular formula is C19H21N3O4. The number of non-ortho nitro benzene ring substituents is 1. The van der Waals surface area contributed by atoms with Crippen molar-refractivity contribution in [2.75, 3.05) is 19.6 Å². The zero-order chi connectivity index (χ0) is 18.4. The number of nitro groups is 1. The molecule has 26 heavy (non-hydrogen) atoms. The molecule has 0 spiro atoms. The van der Waals surface area contributed by atoms with E-state index in [1.165, 1.54) is 29.8 Å². The Morgan fingerprint density at radius 1 is 1.19 bits per heavy atom. The highest BCUT2D eigenvalue weighted by Gasteiger charge is 2.22. The van der Waals surface area contributed by atoms with E-state index in [0.29, 0.717) is 5.75 Å². The fourth-order valence-corrected chi connectivity index (χ4v) is 3.02. The summed E-state index contributed by atoms with van der Waals surface area (Å²) in [6.45, 7) is 2.90. The van der Waals surface area contributed by atoms with Crippen LogP contribution in [0.15, 0.2) is 54.6 Å². The predicted octanol–water partition coefficient (Wildman–Crippen LogP) is 2.36.